The minimum atomic E-state index is -3.12. The molecule has 1 aliphatic heterocycles. The third-order valence-corrected chi connectivity index (χ3v) is 5.09. The van der Waals surface area contributed by atoms with Crippen molar-refractivity contribution in [1.29, 1.82) is 0 Å². The largest absolute Gasteiger partial charge is 0.212 e. The van der Waals surface area contributed by atoms with E-state index in [1.807, 2.05) is 38.1 Å². The van der Waals surface area contributed by atoms with E-state index in [1.165, 1.54) is 0 Å². The summed E-state index contributed by atoms with van der Waals surface area (Å²) >= 11 is 3.37. The molecule has 0 radical (unpaired) electrons. The first-order valence-corrected chi connectivity index (χ1v) is 7.52. The fraction of sp³-hybridized carbons (Fsp3) is 0.455. The molecular formula is C11H14BrNO2S. The van der Waals surface area contributed by atoms with Gasteiger partial charge in [-0.15, -0.1) is 0 Å². The SMILES string of the molecule is CC1(C)NS(=O)(=O)CC1c1ccc(Br)cc1. The smallest absolute Gasteiger partial charge is 0.212 e. The lowest BCUT2D eigenvalue weighted by Gasteiger charge is -2.25. The van der Waals surface area contributed by atoms with Crippen molar-refractivity contribution in [2.24, 2.45) is 0 Å². The van der Waals surface area contributed by atoms with Gasteiger partial charge in [0.1, 0.15) is 0 Å². The summed E-state index contributed by atoms with van der Waals surface area (Å²) in [6.45, 7) is 3.84. The zero-order valence-electron chi connectivity index (χ0n) is 9.20. The summed E-state index contributed by atoms with van der Waals surface area (Å²) in [6, 6.07) is 7.82. The zero-order valence-corrected chi connectivity index (χ0v) is 11.6. The molecule has 1 aromatic rings. The monoisotopic (exact) mass is 303 g/mol. The van der Waals surface area contributed by atoms with Gasteiger partial charge in [0.05, 0.1) is 5.75 Å². The van der Waals surface area contributed by atoms with Gasteiger partial charge in [-0.05, 0) is 31.5 Å². The van der Waals surface area contributed by atoms with Crippen molar-refractivity contribution in [3.63, 3.8) is 0 Å². The van der Waals surface area contributed by atoms with Gasteiger partial charge in [-0.1, -0.05) is 28.1 Å². The molecule has 0 spiro atoms. The van der Waals surface area contributed by atoms with E-state index >= 15 is 0 Å². The number of hydrogen-bond donors (Lipinski definition) is 1. The van der Waals surface area contributed by atoms with Crippen LogP contribution in [0.2, 0.25) is 0 Å². The van der Waals surface area contributed by atoms with Crippen molar-refractivity contribution in [2.75, 3.05) is 5.75 Å². The second-order valence-electron chi connectivity index (χ2n) is 4.71. The molecular weight excluding hydrogens is 290 g/mol. The van der Waals surface area contributed by atoms with E-state index in [4.69, 9.17) is 0 Å². The van der Waals surface area contributed by atoms with Crippen LogP contribution in [0.15, 0.2) is 28.7 Å². The van der Waals surface area contributed by atoms with Crippen LogP contribution in [0.5, 0.6) is 0 Å². The standard InChI is InChI=1S/C11H14BrNO2S/c1-11(2)10(7-16(14,15)13-11)8-3-5-9(12)6-4-8/h3-6,10,13H,7H2,1-2H3. The molecule has 1 saturated heterocycles. The Balaban J connectivity index is 2.38. The van der Waals surface area contributed by atoms with Crippen molar-refractivity contribution in [3.05, 3.63) is 34.3 Å². The zero-order chi connectivity index (χ0) is 12.0. The molecule has 1 aliphatic rings. The van der Waals surface area contributed by atoms with Gasteiger partial charge in [0.2, 0.25) is 10.0 Å². The normalized spacial score (nSPS) is 26.8. The van der Waals surface area contributed by atoms with Gasteiger partial charge in [-0.25, -0.2) is 13.1 Å². The van der Waals surface area contributed by atoms with Crippen LogP contribution in [0.4, 0.5) is 0 Å². The summed E-state index contributed by atoms with van der Waals surface area (Å²) in [6.07, 6.45) is 0. The molecule has 1 heterocycles. The fourth-order valence-electron chi connectivity index (χ4n) is 2.15. The van der Waals surface area contributed by atoms with E-state index < -0.39 is 15.6 Å². The lowest BCUT2D eigenvalue weighted by atomic mass is 9.84. The Bertz CT molecular complexity index is 493. The van der Waals surface area contributed by atoms with Crippen molar-refractivity contribution in [2.45, 2.75) is 25.3 Å². The van der Waals surface area contributed by atoms with Crippen molar-refractivity contribution in [1.82, 2.24) is 4.72 Å². The van der Waals surface area contributed by atoms with Crippen molar-refractivity contribution < 1.29 is 8.42 Å². The van der Waals surface area contributed by atoms with Gasteiger partial charge >= 0.3 is 0 Å². The number of nitrogens with one attached hydrogen (secondary N) is 1. The van der Waals surface area contributed by atoms with E-state index in [0.29, 0.717) is 0 Å². The van der Waals surface area contributed by atoms with Gasteiger partial charge in [0, 0.05) is 15.9 Å². The van der Waals surface area contributed by atoms with Crippen LogP contribution in [0.25, 0.3) is 0 Å². The van der Waals surface area contributed by atoms with Crippen LogP contribution in [0.3, 0.4) is 0 Å². The Morgan fingerprint density at radius 1 is 1.31 bits per heavy atom. The highest BCUT2D eigenvalue weighted by Crippen LogP contribution is 2.35. The summed E-state index contributed by atoms with van der Waals surface area (Å²) in [7, 11) is -3.12. The van der Waals surface area contributed by atoms with E-state index in [2.05, 4.69) is 20.7 Å². The third kappa shape index (κ3) is 2.31. The lowest BCUT2D eigenvalue weighted by Crippen LogP contribution is -2.38. The molecule has 2 rings (SSSR count). The van der Waals surface area contributed by atoms with Gasteiger partial charge < -0.3 is 0 Å². The Morgan fingerprint density at radius 2 is 1.88 bits per heavy atom. The van der Waals surface area contributed by atoms with Gasteiger partial charge in [-0.2, -0.15) is 0 Å². The summed E-state index contributed by atoms with van der Waals surface area (Å²) in [5.41, 5.74) is 0.647. The first-order valence-electron chi connectivity index (χ1n) is 5.07. The van der Waals surface area contributed by atoms with Crippen LogP contribution in [-0.4, -0.2) is 19.7 Å². The molecule has 88 valence electrons. The fourth-order valence-corrected chi connectivity index (χ4v) is 4.49. The van der Waals surface area contributed by atoms with Crippen LogP contribution < -0.4 is 4.72 Å². The maximum Gasteiger partial charge on any atom is 0.212 e. The molecule has 0 aromatic heterocycles. The molecule has 16 heavy (non-hydrogen) atoms. The minimum Gasteiger partial charge on any atom is -0.212 e. The van der Waals surface area contributed by atoms with E-state index in [-0.39, 0.29) is 11.7 Å². The number of halogens is 1. The van der Waals surface area contributed by atoms with E-state index in [0.717, 1.165) is 10.0 Å². The quantitative estimate of drug-likeness (QED) is 0.865. The molecule has 1 fully saturated rings. The van der Waals surface area contributed by atoms with Crippen molar-refractivity contribution in [3.8, 4) is 0 Å². The Morgan fingerprint density at radius 3 is 2.31 bits per heavy atom. The molecule has 0 bridgehead atoms. The Labute approximate surface area is 104 Å². The highest BCUT2D eigenvalue weighted by atomic mass is 79.9. The molecule has 3 nitrogen and oxygen atoms in total. The topological polar surface area (TPSA) is 46.2 Å². The van der Waals surface area contributed by atoms with Gasteiger partial charge in [-0.3, -0.25) is 0 Å². The summed E-state index contributed by atoms with van der Waals surface area (Å²) in [4.78, 5) is 0. The highest BCUT2D eigenvalue weighted by molar-refractivity contribution is 9.10. The molecule has 1 N–H and O–H groups in total. The van der Waals surface area contributed by atoms with Crippen LogP contribution in [0.1, 0.15) is 25.3 Å². The molecule has 0 saturated carbocycles. The predicted octanol–water partition coefficient (Wildman–Crippen LogP) is 2.24. The van der Waals surface area contributed by atoms with Gasteiger partial charge in [0.15, 0.2) is 0 Å². The Hall–Kier alpha value is -0.390. The average Bonchev–Trinajstić information content (AvgIpc) is 2.35. The number of sulfonamides is 1. The first kappa shape index (κ1) is 12.1. The predicted molar refractivity (Wildman–Crippen MR) is 67.9 cm³/mol. The maximum atomic E-state index is 11.6. The third-order valence-electron chi connectivity index (χ3n) is 2.95. The summed E-state index contributed by atoms with van der Waals surface area (Å²) in [5.74, 6) is 0.173. The maximum absolute atomic E-state index is 11.6. The number of rotatable bonds is 1. The molecule has 1 atom stereocenters. The van der Waals surface area contributed by atoms with Gasteiger partial charge in [0.25, 0.3) is 0 Å². The van der Waals surface area contributed by atoms with Crippen LogP contribution in [-0.2, 0) is 10.0 Å². The van der Waals surface area contributed by atoms with Crippen LogP contribution in [0, 0.1) is 0 Å². The number of benzene rings is 1. The summed E-state index contributed by atoms with van der Waals surface area (Å²) < 4.78 is 26.8. The Kier molecular flexibility index (Phi) is 2.88. The second kappa shape index (κ2) is 3.82. The molecule has 0 amide bonds. The van der Waals surface area contributed by atoms with Crippen molar-refractivity contribution >= 4 is 26.0 Å². The minimum absolute atomic E-state index is 0.00519. The highest BCUT2D eigenvalue weighted by Gasteiger charge is 2.43. The second-order valence-corrected chi connectivity index (χ2v) is 7.39. The van der Waals surface area contributed by atoms with E-state index in [1.54, 1.807) is 0 Å². The molecule has 5 heteroatoms. The van der Waals surface area contributed by atoms with Crippen LogP contribution >= 0.6 is 15.9 Å². The summed E-state index contributed by atoms with van der Waals surface area (Å²) in [5, 5.41) is 0. The number of hydrogen-bond acceptors (Lipinski definition) is 2. The molecule has 0 aliphatic carbocycles. The lowest BCUT2D eigenvalue weighted by molar-refractivity contribution is 0.428. The average molecular weight is 304 g/mol. The van der Waals surface area contributed by atoms with E-state index in [9.17, 15) is 8.42 Å². The molecule has 1 unspecified atom stereocenters. The molecule has 1 aromatic carbocycles. The first-order chi connectivity index (χ1) is 7.30.